The molecule has 0 aromatic heterocycles. The molecule has 2 rings (SSSR count). The molecular formula is C13H15BrO4S. The lowest BCUT2D eigenvalue weighted by atomic mass is 9.84. The monoisotopic (exact) mass is 346 g/mol. The van der Waals surface area contributed by atoms with Crippen molar-refractivity contribution in [3.8, 4) is 0 Å². The van der Waals surface area contributed by atoms with Gasteiger partial charge in [0.1, 0.15) is 0 Å². The highest BCUT2D eigenvalue weighted by atomic mass is 79.9. The molecule has 2 unspecified atom stereocenters. The lowest BCUT2D eigenvalue weighted by molar-refractivity contribution is -0.140. The highest BCUT2D eigenvalue weighted by Crippen LogP contribution is 2.34. The van der Waals surface area contributed by atoms with Crippen molar-refractivity contribution < 1.29 is 18.3 Å². The minimum atomic E-state index is -3.10. The van der Waals surface area contributed by atoms with Crippen LogP contribution < -0.4 is 0 Å². The SMILES string of the molecule is O=C(O)C(c1cccc(Br)c1)C1CCCS(=O)(=O)C1. The molecule has 0 aliphatic carbocycles. The summed E-state index contributed by atoms with van der Waals surface area (Å²) < 4.78 is 24.2. The zero-order chi connectivity index (χ0) is 14.0. The highest BCUT2D eigenvalue weighted by molar-refractivity contribution is 9.10. The van der Waals surface area contributed by atoms with Crippen LogP contribution in [-0.2, 0) is 14.6 Å². The van der Waals surface area contributed by atoms with Gasteiger partial charge in [-0.15, -0.1) is 0 Å². The summed E-state index contributed by atoms with van der Waals surface area (Å²) in [5, 5.41) is 9.43. The van der Waals surface area contributed by atoms with Crippen molar-refractivity contribution >= 4 is 31.7 Å². The van der Waals surface area contributed by atoms with Crippen LogP contribution in [-0.4, -0.2) is 31.0 Å². The molecule has 1 saturated heterocycles. The average Bonchev–Trinajstić information content (AvgIpc) is 2.27. The van der Waals surface area contributed by atoms with Gasteiger partial charge in [-0.3, -0.25) is 4.79 Å². The first-order valence-corrected chi connectivity index (χ1v) is 8.69. The highest BCUT2D eigenvalue weighted by Gasteiger charge is 2.35. The molecule has 104 valence electrons. The second kappa shape index (κ2) is 5.63. The van der Waals surface area contributed by atoms with Crippen molar-refractivity contribution in [2.24, 2.45) is 5.92 Å². The first-order chi connectivity index (χ1) is 8.89. The minimum Gasteiger partial charge on any atom is -0.481 e. The molecule has 1 fully saturated rings. The molecule has 1 aliphatic rings. The Hall–Kier alpha value is -0.880. The molecule has 1 heterocycles. The van der Waals surface area contributed by atoms with E-state index in [2.05, 4.69) is 15.9 Å². The van der Waals surface area contributed by atoms with E-state index >= 15 is 0 Å². The zero-order valence-corrected chi connectivity index (χ0v) is 12.7. The molecule has 1 aliphatic heterocycles. The Balaban J connectivity index is 2.33. The van der Waals surface area contributed by atoms with E-state index in [0.717, 1.165) is 4.47 Å². The summed E-state index contributed by atoms with van der Waals surface area (Å²) in [6.45, 7) is 0. The average molecular weight is 347 g/mol. The third kappa shape index (κ3) is 3.57. The van der Waals surface area contributed by atoms with Gasteiger partial charge < -0.3 is 5.11 Å². The van der Waals surface area contributed by atoms with Crippen LogP contribution in [0.25, 0.3) is 0 Å². The number of benzene rings is 1. The van der Waals surface area contributed by atoms with Gasteiger partial charge in [-0.2, -0.15) is 0 Å². The summed E-state index contributed by atoms with van der Waals surface area (Å²) in [4.78, 5) is 11.5. The van der Waals surface area contributed by atoms with E-state index in [9.17, 15) is 18.3 Å². The van der Waals surface area contributed by atoms with E-state index in [0.29, 0.717) is 18.4 Å². The first kappa shape index (κ1) is 14.5. The number of carbonyl (C=O) groups is 1. The normalized spacial score (nSPS) is 23.7. The number of carboxylic acid groups (broad SMARTS) is 1. The van der Waals surface area contributed by atoms with Gasteiger partial charge in [-0.25, -0.2) is 8.42 Å². The van der Waals surface area contributed by atoms with Crippen LogP contribution in [0.5, 0.6) is 0 Å². The summed E-state index contributed by atoms with van der Waals surface area (Å²) in [6, 6.07) is 7.08. The van der Waals surface area contributed by atoms with E-state index in [1.165, 1.54) is 0 Å². The molecule has 19 heavy (non-hydrogen) atoms. The fraction of sp³-hybridized carbons (Fsp3) is 0.462. The Bertz CT molecular complexity index is 582. The largest absolute Gasteiger partial charge is 0.481 e. The number of hydrogen-bond acceptors (Lipinski definition) is 3. The summed E-state index contributed by atoms with van der Waals surface area (Å²) in [7, 11) is -3.10. The lowest BCUT2D eigenvalue weighted by Crippen LogP contribution is -2.32. The lowest BCUT2D eigenvalue weighted by Gasteiger charge is -2.27. The van der Waals surface area contributed by atoms with Gasteiger partial charge in [-0.1, -0.05) is 28.1 Å². The second-order valence-electron chi connectivity index (χ2n) is 4.89. The Labute approximate surface area is 120 Å². The number of hydrogen-bond donors (Lipinski definition) is 1. The molecule has 0 spiro atoms. The first-order valence-electron chi connectivity index (χ1n) is 6.08. The fourth-order valence-electron chi connectivity index (χ4n) is 2.64. The molecule has 6 heteroatoms. The van der Waals surface area contributed by atoms with E-state index in [4.69, 9.17) is 0 Å². The zero-order valence-electron chi connectivity index (χ0n) is 10.3. The van der Waals surface area contributed by atoms with Crippen molar-refractivity contribution in [3.05, 3.63) is 34.3 Å². The van der Waals surface area contributed by atoms with Crippen molar-refractivity contribution in [2.45, 2.75) is 18.8 Å². The number of carboxylic acids is 1. The van der Waals surface area contributed by atoms with Gasteiger partial charge in [0.15, 0.2) is 9.84 Å². The van der Waals surface area contributed by atoms with E-state index < -0.39 is 21.7 Å². The molecule has 1 aromatic carbocycles. The summed E-state index contributed by atoms with van der Waals surface area (Å²) >= 11 is 3.31. The van der Waals surface area contributed by atoms with Gasteiger partial charge in [0.25, 0.3) is 0 Å². The van der Waals surface area contributed by atoms with Crippen LogP contribution in [0.1, 0.15) is 24.3 Å². The third-order valence-electron chi connectivity index (χ3n) is 3.44. The van der Waals surface area contributed by atoms with Crippen molar-refractivity contribution in [3.63, 3.8) is 0 Å². The number of aliphatic carboxylic acids is 1. The van der Waals surface area contributed by atoms with Gasteiger partial charge in [0.2, 0.25) is 0 Å². The Morgan fingerprint density at radius 3 is 2.74 bits per heavy atom. The summed E-state index contributed by atoms with van der Waals surface area (Å²) in [5.74, 6) is -1.91. The van der Waals surface area contributed by atoms with Crippen LogP contribution in [0.15, 0.2) is 28.7 Å². The number of rotatable bonds is 3. The molecule has 0 saturated carbocycles. The standard InChI is InChI=1S/C13H15BrO4S/c14-11-5-1-3-9(7-11)12(13(15)16)10-4-2-6-19(17,18)8-10/h1,3,5,7,10,12H,2,4,6,8H2,(H,15,16). The van der Waals surface area contributed by atoms with E-state index in [1.54, 1.807) is 18.2 Å². The Morgan fingerprint density at radius 2 is 2.16 bits per heavy atom. The second-order valence-corrected chi connectivity index (χ2v) is 8.03. The Kier molecular flexibility index (Phi) is 4.30. The predicted octanol–water partition coefficient (Wildman–Crippen LogP) is 2.44. The minimum absolute atomic E-state index is 0.0313. The van der Waals surface area contributed by atoms with Gasteiger partial charge in [0.05, 0.1) is 17.4 Å². The summed E-state index contributed by atoms with van der Waals surface area (Å²) in [5.41, 5.74) is 0.656. The summed E-state index contributed by atoms with van der Waals surface area (Å²) in [6.07, 6.45) is 1.19. The molecule has 4 nitrogen and oxygen atoms in total. The third-order valence-corrected chi connectivity index (χ3v) is 5.78. The Morgan fingerprint density at radius 1 is 1.42 bits per heavy atom. The van der Waals surface area contributed by atoms with Crippen LogP contribution in [0.3, 0.4) is 0 Å². The molecule has 2 atom stereocenters. The maximum atomic E-state index is 11.7. The smallest absolute Gasteiger partial charge is 0.311 e. The van der Waals surface area contributed by atoms with Crippen molar-refractivity contribution in [2.75, 3.05) is 11.5 Å². The molecule has 0 bridgehead atoms. The van der Waals surface area contributed by atoms with Gasteiger partial charge in [-0.05, 0) is 36.5 Å². The number of sulfone groups is 1. The van der Waals surface area contributed by atoms with Crippen LogP contribution in [0, 0.1) is 5.92 Å². The van der Waals surface area contributed by atoms with Crippen molar-refractivity contribution in [1.29, 1.82) is 0 Å². The van der Waals surface area contributed by atoms with Crippen molar-refractivity contribution in [1.82, 2.24) is 0 Å². The number of halogens is 1. The van der Waals surface area contributed by atoms with Crippen LogP contribution >= 0.6 is 15.9 Å². The molecule has 0 amide bonds. The molecule has 1 aromatic rings. The van der Waals surface area contributed by atoms with Gasteiger partial charge >= 0.3 is 5.97 Å². The molecule has 0 radical (unpaired) electrons. The topological polar surface area (TPSA) is 71.4 Å². The fourth-order valence-corrected chi connectivity index (χ4v) is 4.84. The van der Waals surface area contributed by atoms with E-state index in [-0.39, 0.29) is 17.4 Å². The quantitative estimate of drug-likeness (QED) is 0.912. The van der Waals surface area contributed by atoms with E-state index in [1.807, 2.05) is 6.07 Å². The molecule has 1 N–H and O–H groups in total. The predicted molar refractivity (Wildman–Crippen MR) is 75.9 cm³/mol. The maximum Gasteiger partial charge on any atom is 0.311 e. The van der Waals surface area contributed by atoms with Crippen LogP contribution in [0.2, 0.25) is 0 Å². The van der Waals surface area contributed by atoms with Crippen LogP contribution in [0.4, 0.5) is 0 Å². The van der Waals surface area contributed by atoms with Gasteiger partial charge in [0, 0.05) is 4.47 Å². The maximum absolute atomic E-state index is 11.7. The molecular weight excluding hydrogens is 332 g/mol.